The van der Waals surface area contributed by atoms with E-state index < -0.39 is 22.9 Å². The molecular formula is C29H24F2N8O2S. The van der Waals surface area contributed by atoms with E-state index in [4.69, 9.17) is 10.5 Å². The molecule has 10 nitrogen and oxygen atoms in total. The van der Waals surface area contributed by atoms with E-state index in [0.29, 0.717) is 53.3 Å². The number of para-hydroxylation sites is 1. The van der Waals surface area contributed by atoms with Crippen LogP contribution in [-0.4, -0.2) is 44.6 Å². The first-order valence-corrected chi connectivity index (χ1v) is 14.0. The molecule has 6 rings (SSSR count). The Morgan fingerprint density at radius 1 is 1.10 bits per heavy atom. The average Bonchev–Trinajstić information content (AvgIpc) is 3.51. The fourth-order valence-electron chi connectivity index (χ4n) is 5.04. The average molecular weight is 587 g/mol. The lowest BCUT2D eigenvalue weighted by Crippen LogP contribution is -2.36. The van der Waals surface area contributed by atoms with E-state index in [9.17, 15) is 9.59 Å². The van der Waals surface area contributed by atoms with E-state index in [-0.39, 0.29) is 23.5 Å². The number of anilines is 2. The van der Waals surface area contributed by atoms with Crippen LogP contribution in [0.15, 0.2) is 70.0 Å². The summed E-state index contributed by atoms with van der Waals surface area (Å²) in [5, 5.41) is 9.00. The van der Waals surface area contributed by atoms with Gasteiger partial charge in [0, 0.05) is 47.2 Å². The summed E-state index contributed by atoms with van der Waals surface area (Å²) in [6.07, 6.45) is 2.80. The summed E-state index contributed by atoms with van der Waals surface area (Å²) >= 11 is 1.29. The van der Waals surface area contributed by atoms with Crippen LogP contribution >= 0.6 is 11.3 Å². The van der Waals surface area contributed by atoms with Gasteiger partial charge in [0.2, 0.25) is 5.95 Å². The molecule has 0 radical (unpaired) electrons. The molecule has 5 aromatic rings. The highest BCUT2D eigenvalue weighted by Crippen LogP contribution is 2.33. The predicted molar refractivity (Wildman–Crippen MR) is 156 cm³/mol. The fourth-order valence-corrected chi connectivity index (χ4v) is 5.56. The largest absolute Gasteiger partial charge is 0.341 e. The number of carbonyl (C=O) groups is 1. The highest BCUT2D eigenvalue weighted by molar-refractivity contribution is 7.13. The molecular weight excluding hydrogens is 562 g/mol. The summed E-state index contributed by atoms with van der Waals surface area (Å²) in [4.78, 5) is 41.8. The van der Waals surface area contributed by atoms with Crippen LogP contribution in [0.3, 0.4) is 0 Å². The minimum atomic E-state index is -0.916. The summed E-state index contributed by atoms with van der Waals surface area (Å²) < 4.78 is 31.0. The van der Waals surface area contributed by atoms with E-state index in [1.807, 2.05) is 11.8 Å². The highest BCUT2D eigenvalue weighted by Gasteiger charge is 2.25. The van der Waals surface area contributed by atoms with Gasteiger partial charge in [0.05, 0.1) is 11.7 Å². The number of hydrogen-bond acceptors (Lipinski definition) is 9. The SMILES string of the molecule is Cc1ccc(C(=O)Nc2nccs2)cc1-c1nc(N2CCC(N=N)CC2)nc2c1ccc(=O)n2-c1c(F)cccc1F. The zero-order valence-electron chi connectivity index (χ0n) is 22.3. The number of aromatic nitrogens is 4. The molecule has 0 aliphatic carbocycles. The van der Waals surface area contributed by atoms with Crippen molar-refractivity contribution in [2.75, 3.05) is 23.3 Å². The second kappa shape index (κ2) is 11.2. The zero-order valence-corrected chi connectivity index (χ0v) is 23.2. The number of pyridine rings is 1. The molecule has 2 N–H and O–H groups in total. The number of nitrogens with zero attached hydrogens (tertiary/aromatic N) is 6. The third-order valence-electron chi connectivity index (χ3n) is 7.24. The van der Waals surface area contributed by atoms with Crippen molar-refractivity contribution in [3.05, 3.63) is 93.2 Å². The van der Waals surface area contributed by atoms with E-state index in [1.54, 1.807) is 29.8 Å². The van der Waals surface area contributed by atoms with E-state index in [1.165, 1.54) is 29.5 Å². The third kappa shape index (κ3) is 5.02. The molecule has 2 aromatic carbocycles. The lowest BCUT2D eigenvalue weighted by molar-refractivity contribution is 0.102. The van der Waals surface area contributed by atoms with E-state index in [0.717, 1.165) is 22.3 Å². The van der Waals surface area contributed by atoms with Crippen molar-refractivity contribution in [3.8, 4) is 16.9 Å². The molecule has 1 aliphatic heterocycles. The minimum absolute atomic E-state index is 0.0239. The molecule has 0 spiro atoms. The van der Waals surface area contributed by atoms with Gasteiger partial charge < -0.3 is 4.90 Å². The Kier molecular flexibility index (Phi) is 7.25. The van der Waals surface area contributed by atoms with Gasteiger partial charge in [0.25, 0.3) is 11.5 Å². The molecule has 1 aliphatic rings. The first kappa shape index (κ1) is 27.3. The molecule has 0 saturated carbocycles. The zero-order chi connectivity index (χ0) is 29.4. The Hall–Kier alpha value is -4.91. The standard InChI is InChI=1S/C29H24F2N8O2S/c1-16-5-6-17(27(41)36-29-33-11-14-42-29)15-20(16)24-19-7-8-23(40)39(25-21(30)3-2-4-22(25)31)26(19)35-28(34-24)38-12-9-18(37-32)10-13-38/h2-8,11,14-15,18,32H,9-10,12-13H2,1H3,(H,33,36,41). The fraction of sp³-hybridized carbons (Fsp3) is 0.207. The quantitative estimate of drug-likeness (QED) is 0.244. The maximum atomic E-state index is 15.0. The minimum Gasteiger partial charge on any atom is -0.341 e. The van der Waals surface area contributed by atoms with Crippen molar-refractivity contribution >= 4 is 39.4 Å². The number of rotatable bonds is 6. The number of piperidine rings is 1. The smallest absolute Gasteiger partial charge is 0.257 e. The molecule has 1 saturated heterocycles. The Balaban J connectivity index is 1.58. The number of benzene rings is 2. The van der Waals surface area contributed by atoms with Gasteiger partial charge in [0.15, 0.2) is 10.8 Å². The first-order valence-electron chi connectivity index (χ1n) is 13.2. The first-order chi connectivity index (χ1) is 20.3. The second-order valence-corrected chi connectivity index (χ2v) is 10.7. The third-order valence-corrected chi connectivity index (χ3v) is 7.93. The monoisotopic (exact) mass is 586 g/mol. The van der Waals surface area contributed by atoms with Gasteiger partial charge in [-0.15, -0.1) is 11.3 Å². The van der Waals surface area contributed by atoms with Crippen molar-refractivity contribution < 1.29 is 13.6 Å². The number of halogens is 2. The number of thiazole rings is 1. The molecule has 4 heterocycles. The van der Waals surface area contributed by atoms with Crippen LogP contribution < -0.4 is 15.8 Å². The van der Waals surface area contributed by atoms with Gasteiger partial charge in [0.1, 0.15) is 17.3 Å². The molecule has 3 aromatic heterocycles. The summed E-state index contributed by atoms with van der Waals surface area (Å²) in [6, 6.07) is 11.2. The number of aryl methyl sites for hydroxylation is 1. The predicted octanol–water partition coefficient (Wildman–Crippen LogP) is 5.74. The van der Waals surface area contributed by atoms with Crippen LogP contribution in [0.4, 0.5) is 19.9 Å². The van der Waals surface area contributed by atoms with E-state index >= 15 is 8.78 Å². The molecule has 1 amide bonds. The van der Waals surface area contributed by atoms with Crippen LogP contribution in [0, 0.1) is 24.1 Å². The normalized spacial score (nSPS) is 13.8. The maximum absolute atomic E-state index is 15.0. The van der Waals surface area contributed by atoms with Crippen LogP contribution in [0.25, 0.3) is 28.0 Å². The van der Waals surface area contributed by atoms with Gasteiger partial charge in [-0.2, -0.15) is 10.1 Å². The highest BCUT2D eigenvalue weighted by atomic mass is 32.1. The van der Waals surface area contributed by atoms with E-state index in [2.05, 4.69) is 20.4 Å². The summed E-state index contributed by atoms with van der Waals surface area (Å²) in [5.74, 6) is -1.94. The Labute approximate surface area is 242 Å². The van der Waals surface area contributed by atoms with Crippen LogP contribution in [0.1, 0.15) is 28.8 Å². The molecule has 13 heteroatoms. The Morgan fingerprint density at radius 3 is 2.55 bits per heavy atom. The van der Waals surface area contributed by atoms with Crippen molar-refractivity contribution in [2.24, 2.45) is 5.11 Å². The molecule has 0 atom stereocenters. The topological polar surface area (TPSA) is 129 Å². The lowest BCUT2D eigenvalue weighted by Gasteiger charge is -2.30. The number of amides is 1. The Bertz CT molecular complexity index is 1870. The van der Waals surface area contributed by atoms with Gasteiger partial charge >= 0.3 is 0 Å². The van der Waals surface area contributed by atoms with Gasteiger partial charge in [-0.3, -0.25) is 19.5 Å². The summed E-state index contributed by atoms with van der Waals surface area (Å²) in [5.41, 5.74) is 8.32. The Morgan fingerprint density at radius 2 is 1.86 bits per heavy atom. The molecule has 0 bridgehead atoms. The molecule has 1 fully saturated rings. The number of hydrogen-bond donors (Lipinski definition) is 2. The van der Waals surface area contributed by atoms with Crippen LogP contribution in [0.5, 0.6) is 0 Å². The van der Waals surface area contributed by atoms with Crippen molar-refractivity contribution in [1.82, 2.24) is 19.5 Å². The number of fused-ring (bicyclic) bond motifs is 1. The van der Waals surface area contributed by atoms with Crippen molar-refractivity contribution in [3.63, 3.8) is 0 Å². The van der Waals surface area contributed by atoms with Gasteiger partial charge in [-0.1, -0.05) is 12.1 Å². The van der Waals surface area contributed by atoms with Crippen molar-refractivity contribution in [1.29, 1.82) is 5.53 Å². The van der Waals surface area contributed by atoms with Crippen molar-refractivity contribution in [2.45, 2.75) is 25.8 Å². The van der Waals surface area contributed by atoms with Gasteiger partial charge in [-0.25, -0.2) is 24.3 Å². The number of carbonyl (C=O) groups excluding carboxylic acids is 1. The van der Waals surface area contributed by atoms with Gasteiger partial charge in [-0.05, 0) is 55.7 Å². The molecule has 42 heavy (non-hydrogen) atoms. The van der Waals surface area contributed by atoms with Crippen LogP contribution in [0.2, 0.25) is 0 Å². The van der Waals surface area contributed by atoms with Crippen LogP contribution in [-0.2, 0) is 0 Å². The molecule has 0 unspecified atom stereocenters. The summed E-state index contributed by atoms with van der Waals surface area (Å²) in [6.45, 7) is 2.86. The summed E-state index contributed by atoms with van der Waals surface area (Å²) in [7, 11) is 0. The maximum Gasteiger partial charge on any atom is 0.257 e. The second-order valence-electron chi connectivity index (χ2n) is 9.86. The molecule has 212 valence electrons. The lowest BCUT2D eigenvalue weighted by atomic mass is 9.99. The number of nitrogens with one attached hydrogen (secondary N) is 2.